The van der Waals surface area contributed by atoms with Crippen LogP contribution < -0.4 is 0 Å². The number of methoxy groups -OCH3 is 2. The summed E-state index contributed by atoms with van der Waals surface area (Å²) in [6, 6.07) is 7.15. The average Bonchev–Trinajstić information content (AvgIpc) is 2.54. The van der Waals surface area contributed by atoms with Gasteiger partial charge in [-0.2, -0.15) is 0 Å². The van der Waals surface area contributed by atoms with Gasteiger partial charge in [-0.15, -0.1) is 0 Å². The van der Waals surface area contributed by atoms with Crippen molar-refractivity contribution < 1.29 is 17.9 Å². The molecule has 4 nitrogen and oxygen atoms in total. The zero-order valence-electron chi connectivity index (χ0n) is 13.7. The van der Waals surface area contributed by atoms with Crippen molar-refractivity contribution in [2.45, 2.75) is 61.4 Å². The lowest BCUT2D eigenvalue weighted by atomic mass is 9.85. The third-order valence-corrected chi connectivity index (χ3v) is 7.34. The quantitative estimate of drug-likeness (QED) is 0.751. The predicted octanol–water partition coefficient (Wildman–Crippen LogP) is 3.48. The van der Waals surface area contributed by atoms with Crippen molar-refractivity contribution in [1.29, 1.82) is 0 Å². The van der Waals surface area contributed by atoms with E-state index in [0.717, 1.165) is 24.8 Å². The average molecular weight is 326 g/mol. The normalized spacial score (nSPS) is 18.5. The van der Waals surface area contributed by atoms with Crippen LogP contribution in [0.4, 0.5) is 0 Å². The predicted molar refractivity (Wildman–Crippen MR) is 86.6 cm³/mol. The molecule has 0 unspecified atom stereocenters. The monoisotopic (exact) mass is 326 g/mol. The third kappa shape index (κ3) is 3.36. The lowest BCUT2D eigenvalue weighted by Gasteiger charge is -2.38. The Labute approximate surface area is 133 Å². The van der Waals surface area contributed by atoms with E-state index in [1.54, 1.807) is 26.4 Å². The zero-order valence-corrected chi connectivity index (χ0v) is 14.5. The topological polar surface area (TPSA) is 52.6 Å². The molecule has 1 aromatic carbocycles. The van der Waals surface area contributed by atoms with Gasteiger partial charge in [-0.3, -0.25) is 0 Å². The number of sulfone groups is 1. The molecule has 1 fully saturated rings. The smallest absolute Gasteiger partial charge is 0.184 e. The molecular weight excluding hydrogens is 300 g/mol. The minimum absolute atomic E-state index is 0.385. The first-order valence-electron chi connectivity index (χ1n) is 7.82. The summed E-state index contributed by atoms with van der Waals surface area (Å²) in [5.41, 5.74) is 1.06. The van der Waals surface area contributed by atoms with Crippen LogP contribution in [0.2, 0.25) is 0 Å². The summed E-state index contributed by atoms with van der Waals surface area (Å²) in [5, 5.41) is 0. The molecule has 22 heavy (non-hydrogen) atoms. The van der Waals surface area contributed by atoms with Gasteiger partial charge < -0.3 is 9.47 Å². The van der Waals surface area contributed by atoms with E-state index in [2.05, 4.69) is 0 Å². The number of hydrogen-bond acceptors (Lipinski definition) is 4. The van der Waals surface area contributed by atoms with Gasteiger partial charge in [-0.25, -0.2) is 8.42 Å². The van der Waals surface area contributed by atoms with Crippen LogP contribution in [-0.2, 0) is 19.3 Å². The van der Waals surface area contributed by atoms with Crippen LogP contribution in [0.1, 0.15) is 44.1 Å². The van der Waals surface area contributed by atoms with E-state index in [4.69, 9.17) is 9.47 Å². The third-order valence-electron chi connectivity index (χ3n) is 4.73. The Bertz CT molecular complexity index is 567. The SMILES string of the molecule is COC(CC1(S(=O)(=O)c2ccc(C)cc2)CCCCC1)OC. The molecule has 0 amide bonds. The van der Waals surface area contributed by atoms with E-state index >= 15 is 0 Å². The Morgan fingerprint density at radius 3 is 2.09 bits per heavy atom. The lowest BCUT2D eigenvalue weighted by Crippen LogP contribution is -2.44. The fourth-order valence-corrected chi connectivity index (χ4v) is 5.49. The second-order valence-electron chi connectivity index (χ2n) is 6.17. The van der Waals surface area contributed by atoms with Crippen LogP contribution in [0.15, 0.2) is 29.2 Å². The molecule has 2 rings (SSSR count). The molecule has 1 saturated carbocycles. The molecule has 1 aliphatic carbocycles. The molecule has 0 spiro atoms. The Balaban J connectivity index is 2.41. The van der Waals surface area contributed by atoms with Gasteiger partial charge in [-0.1, -0.05) is 37.0 Å². The van der Waals surface area contributed by atoms with Crippen molar-refractivity contribution in [2.75, 3.05) is 14.2 Å². The van der Waals surface area contributed by atoms with Crippen molar-refractivity contribution in [2.24, 2.45) is 0 Å². The Hall–Kier alpha value is -0.910. The van der Waals surface area contributed by atoms with Gasteiger partial charge in [0.15, 0.2) is 16.1 Å². The highest BCUT2D eigenvalue weighted by Crippen LogP contribution is 2.42. The van der Waals surface area contributed by atoms with Crippen LogP contribution in [0, 0.1) is 6.92 Å². The first-order valence-corrected chi connectivity index (χ1v) is 9.30. The van der Waals surface area contributed by atoms with Crippen molar-refractivity contribution in [3.63, 3.8) is 0 Å². The molecule has 0 saturated heterocycles. The van der Waals surface area contributed by atoms with E-state index in [-0.39, 0.29) is 0 Å². The number of ether oxygens (including phenoxy) is 2. The Morgan fingerprint density at radius 2 is 1.59 bits per heavy atom. The highest BCUT2D eigenvalue weighted by molar-refractivity contribution is 7.92. The molecule has 1 aliphatic rings. The number of benzene rings is 1. The first kappa shape index (κ1) is 17.4. The summed E-state index contributed by atoms with van der Waals surface area (Å²) in [4.78, 5) is 0.408. The van der Waals surface area contributed by atoms with Crippen LogP contribution in [0.25, 0.3) is 0 Å². The van der Waals surface area contributed by atoms with Gasteiger partial charge in [0.05, 0.1) is 9.64 Å². The van der Waals surface area contributed by atoms with E-state index in [1.165, 1.54) is 0 Å². The Morgan fingerprint density at radius 1 is 1.05 bits per heavy atom. The summed E-state index contributed by atoms with van der Waals surface area (Å²) < 4.78 is 36.4. The summed E-state index contributed by atoms with van der Waals surface area (Å²) in [5.74, 6) is 0. The van der Waals surface area contributed by atoms with E-state index in [1.807, 2.05) is 19.1 Å². The van der Waals surface area contributed by atoms with Crippen LogP contribution >= 0.6 is 0 Å². The summed E-state index contributed by atoms with van der Waals surface area (Å²) in [6.45, 7) is 1.96. The van der Waals surface area contributed by atoms with Gasteiger partial charge >= 0.3 is 0 Å². The van der Waals surface area contributed by atoms with Gasteiger partial charge in [0.1, 0.15) is 0 Å². The maximum atomic E-state index is 13.3. The van der Waals surface area contributed by atoms with Crippen molar-refractivity contribution in [3.8, 4) is 0 Å². The lowest BCUT2D eigenvalue weighted by molar-refractivity contribution is -0.113. The highest BCUT2D eigenvalue weighted by Gasteiger charge is 2.46. The van der Waals surface area contributed by atoms with E-state index < -0.39 is 20.9 Å². The molecule has 0 aliphatic heterocycles. The molecule has 0 radical (unpaired) electrons. The molecule has 0 heterocycles. The largest absolute Gasteiger partial charge is 0.356 e. The zero-order chi connectivity index (χ0) is 16.2. The summed E-state index contributed by atoms with van der Waals surface area (Å²) in [6.07, 6.45) is 4.21. The van der Waals surface area contributed by atoms with Crippen molar-refractivity contribution >= 4 is 9.84 Å². The highest BCUT2D eigenvalue weighted by atomic mass is 32.2. The minimum atomic E-state index is -3.42. The fourth-order valence-electron chi connectivity index (χ4n) is 3.31. The van der Waals surface area contributed by atoms with Crippen LogP contribution in [-0.4, -0.2) is 33.7 Å². The van der Waals surface area contributed by atoms with Crippen molar-refractivity contribution in [1.82, 2.24) is 0 Å². The molecule has 0 aromatic heterocycles. The fraction of sp³-hybridized carbons (Fsp3) is 0.647. The maximum absolute atomic E-state index is 13.3. The molecular formula is C17H26O4S. The number of aryl methyl sites for hydroxylation is 1. The van der Waals surface area contributed by atoms with Crippen molar-refractivity contribution in [3.05, 3.63) is 29.8 Å². The molecule has 0 N–H and O–H groups in total. The van der Waals surface area contributed by atoms with Gasteiger partial charge in [0, 0.05) is 20.6 Å². The molecule has 0 atom stereocenters. The minimum Gasteiger partial charge on any atom is -0.356 e. The van der Waals surface area contributed by atoms with Crippen LogP contribution in [0.3, 0.4) is 0 Å². The molecule has 124 valence electrons. The van der Waals surface area contributed by atoms with E-state index in [0.29, 0.717) is 24.2 Å². The Kier molecular flexibility index (Phi) is 5.64. The standard InChI is InChI=1S/C17H26O4S/c1-14-7-9-15(10-8-14)22(18,19)17(11-5-4-6-12-17)13-16(20-2)21-3/h7-10,16H,4-6,11-13H2,1-3H3. The second-order valence-corrected chi connectivity index (χ2v) is 8.51. The van der Waals surface area contributed by atoms with E-state index in [9.17, 15) is 8.42 Å². The molecule has 0 bridgehead atoms. The second kappa shape index (κ2) is 7.11. The summed E-state index contributed by atoms with van der Waals surface area (Å²) in [7, 11) is -0.298. The number of hydrogen-bond donors (Lipinski definition) is 0. The maximum Gasteiger partial charge on any atom is 0.184 e. The molecule has 5 heteroatoms. The summed E-state index contributed by atoms with van der Waals surface area (Å²) >= 11 is 0. The van der Waals surface area contributed by atoms with Gasteiger partial charge in [0.2, 0.25) is 0 Å². The first-order chi connectivity index (χ1) is 10.4. The number of rotatable bonds is 6. The van der Waals surface area contributed by atoms with Gasteiger partial charge in [0.25, 0.3) is 0 Å². The van der Waals surface area contributed by atoms with Gasteiger partial charge in [-0.05, 0) is 31.9 Å². The van der Waals surface area contributed by atoms with Crippen LogP contribution in [0.5, 0.6) is 0 Å². The molecule has 1 aromatic rings.